The molecule has 1 atom stereocenters. The molecular formula is C17H26N2O2. The number of nitrogens with one attached hydrogen (secondary N) is 2. The largest absolute Gasteiger partial charge is 0.384 e. The van der Waals surface area contributed by atoms with Gasteiger partial charge >= 0.3 is 0 Å². The summed E-state index contributed by atoms with van der Waals surface area (Å²) in [5.41, 5.74) is 1.64. The van der Waals surface area contributed by atoms with Gasteiger partial charge in [-0.05, 0) is 44.2 Å². The quantitative estimate of drug-likeness (QED) is 0.846. The van der Waals surface area contributed by atoms with Gasteiger partial charge in [0.2, 0.25) is 0 Å². The molecule has 0 aliphatic carbocycles. The van der Waals surface area contributed by atoms with Gasteiger partial charge in [-0.2, -0.15) is 0 Å². The number of rotatable bonds is 6. The zero-order valence-electron chi connectivity index (χ0n) is 13.0. The number of ether oxygens (including phenoxy) is 1. The highest BCUT2D eigenvalue weighted by Crippen LogP contribution is 2.20. The van der Waals surface area contributed by atoms with Crippen molar-refractivity contribution in [1.82, 2.24) is 5.32 Å². The lowest BCUT2D eigenvalue weighted by molar-refractivity contribution is 0.0538. The Kier molecular flexibility index (Phi) is 6.05. The molecule has 0 aromatic heterocycles. The second-order valence-corrected chi connectivity index (χ2v) is 5.68. The highest BCUT2D eigenvalue weighted by Gasteiger charge is 2.22. The Hall–Kier alpha value is -1.55. The molecule has 116 valence electrons. The molecule has 1 aliphatic heterocycles. The van der Waals surface area contributed by atoms with E-state index in [0.717, 1.165) is 50.3 Å². The van der Waals surface area contributed by atoms with Crippen molar-refractivity contribution >= 4 is 11.6 Å². The van der Waals surface area contributed by atoms with E-state index >= 15 is 0 Å². The maximum Gasteiger partial charge on any atom is 0.253 e. The zero-order valence-corrected chi connectivity index (χ0v) is 13.0. The molecule has 1 saturated heterocycles. The standard InChI is InChI=1S/C17H26N2O2/c1-3-10-18-16-7-5-4-6-15(16)17(20)19-13(2)14-8-11-21-12-9-14/h4-7,13-14,18H,3,8-12H2,1-2H3,(H,19,20). The van der Waals surface area contributed by atoms with Gasteiger partial charge in [0.15, 0.2) is 0 Å². The SMILES string of the molecule is CCCNc1ccccc1C(=O)NC(C)C1CCOCC1. The number of benzene rings is 1. The fourth-order valence-electron chi connectivity index (χ4n) is 2.71. The number of carbonyl (C=O) groups excluding carboxylic acids is 1. The van der Waals surface area contributed by atoms with Crippen LogP contribution in [0.15, 0.2) is 24.3 Å². The lowest BCUT2D eigenvalue weighted by Gasteiger charge is -2.28. The second kappa shape index (κ2) is 8.03. The molecule has 1 heterocycles. The fourth-order valence-corrected chi connectivity index (χ4v) is 2.71. The minimum absolute atomic E-state index is 0.00759. The van der Waals surface area contributed by atoms with E-state index in [-0.39, 0.29) is 11.9 Å². The summed E-state index contributed by atoms with van der Waals surface area (Å²) in [6.45, 7) is 6.69. The van der Waals surface area contributed by atoms with Crippen molar-refractivity contribution in [2.75, 3.05) is 25.1 Å². The molecule has 1 aromatic carbocycles. The molecule has 1 aromatic rings. The van der Waals surface area contributed by atoms with Gasteiger partial charge in [0, 0.05) is 31.5 Å². The molecule has 2 rings (SSSR count). The van der Waals surface area contributed by atoms with Gasteiger partial charge in [-0.15, -0.1) is 0 Å². The van der Waals surface area contributed by atoms with Crippen LogP contribution < -0.4 is 10.6 Å². The number of hydrogen-bond donors (Lipinski definition) is 2. The lowest BCUT2D eigenvalue weighted by atomic mass is 9.92. The number of carbonyl (C=O) groups is 1. The number of amides is 1. The predicted octanol–water partition coefficient (Wildman–Crippen LogP) is 3.05. The summed E-state index contributed by atoms with van der Waals surface area (Å²) in [6.07, 6.45) is 3.09. The molecule has 4 nitrogen and oxygen atoms in total. The van der Waals surface area contributed by atoms with E-state index in [0.29, 0.717) is 5.92 Å². The summed E-state index contributed by atoms with van der Waals surface area (Å²) in [6, 6.07) is 7.89. The lowest BCUT2D eigenvalue weighted by Crippen LogP contribution is -2.40. The van der Waals surface area contributed by atoms with Crippen LogP contribution in [0.5, 0.6) is 0 Å². The second-order valence-electron chi connectivity index (χ2n) is 5.68. The molecule has 1 amide bonds. The Morgan fingerprint density at radius 2 is 2.05 bits per heavy atom. The van der Waals surface area contributed by atoms with Gasteiger partial charge in [-0.3, -0.25) is 4.79 Å². The van der Waals surface area contributed by atoms with Crippen LogP contribution in [-0.4, -0.2) is 31.7 Å². The van der Waals surface area contributed by atoms with Crippen LogP contribution in [0.25, 0.3) is 0 Å². The molecule has 0 radical (unpaired) electrons. The number of hydrogen-bond acceptors (Lipinski definition) is 3. The molecule has 1 fully saturated rings. The zero-order chi connectivity index (χ0) is 15.1. The minimum atomic E-state index is 0.00759. The van der Waals surface area contributed by atoms with Gasteiger partial charge in [0.05, 0.1) is 5.56 Å². The smallest absolute Gasteiger partial charge is 0.253 e. The van der Waals surface area contributed by atoms with E-state index in [9.17, 15) is 4.79 Å². The Labute approximate surface area is 127 Å². The van der Waals surface area contributed by atoms with Crippen molar-refractivity contribution in [3.8, 4) is 0 Å². The van der Waals surface area contributed by atoms with Gasteiger partial charge in [-0.1, -0.05) is 19.1 Å². The van der Waals surface area contributed by atoms with Crippen molar-refractivity contribution in [1.29, 1.82) is 0 Å². The first-order valence-electron chi connectivity index (χ1n) is 7.94. The molecule has 2 N–H and O–H groups in total. The summed E-state index contributed by atoms with van der Waals surface area (Å²) in [4.78, 5) is 12.5. The summed E-state index contributed by atoms with van der Waals surface area (Å²) in [5, 5.41) is 6.46. The van der Waals surface area contributed by atoms with Gasteiger partial charge in [-0.25, -0.2) is 0 Å². The third-order valence-electron chi connectivity index (χ3n) is 4.07. The average molecular weight is 290 g/mol. The molecule has 0 bridgehead atoms. The molecule has 1 unspecified atom stereocenters. The third kappa shape index (κ3) is 4.46. The first-order chi connectivity index (χ1) is 10.2. The molecular weight excluding hydrogens is 264 g/mol. The van der Waals surface area contributed by atoms with Crippen molar-refractivity contribution in [2.24, 2.45) is 5.92 Å². The minimum Gasteiger partial charge on any atom is -0.384 e. The van der Waals surface area contributed by atoms with Crippen molar-refractivity contribution < 1.29 is 9.53 Å². The van der Waals surface area contributed by atoms with Crippen molar-refractivity contribution in [2.45, 2.75) is 39.2 Å². The van der Waals surface area contributed by atoms with Gasteiger partial charge < -0.3 is 15.4 Å². The summed E-state index contributed by atoms with van der Waals surface area (Å²) in [5.74, 6) is 0.520. The maximum atomic E-state index is 12.5. The Morgan fingerprint density at radius 3 is 2.76 bits per heavy atom. The predicted molar refractivity (Wildman–Crippen MR) is 85.7 cm³/mol. The average Bonchev–Trinajstić information content (AvgIpc) is 2.54. The number of para-hydroxylation sites is 1. The Balaban J connectivity index is 1.98. The fraction of sp³-hybridized carbons (Fsp3) is 0.588. The van der Waals surface area contributed by atoms with Crippen LogP contribution in [0, 0.1) is 5.92 Å². The van der Waals surface area contributed by atoms with Crippen LogP contribution in [0.2, 0.25) is 0 Å². The molecule has 0 saturated carbocycles. The van der Waals surface area contributed by atoms with Crippen LogP contribution in [0.1, 0.15) is 43.5 Å². The van der Waals surface area contributed by atoms with Crippen LogP contribution in [0.4, 0.5) is 5.69 Å². The van der Waals surface area contributed by atoms with E-state index in [2.05, 4.69) is 24.5 Å². The molecule has 4 heteroatoms. The first kappa shape index (κ1) is 15.8. The monoisotopic (exact) mass is 290 g/mol. The van der Waals surface area contributed by atoms with Crippen LogP contribution in [-0.2, 0) is 4.74 Å². The van der Waals surface area contributed by atoms with Crippen molar-refractivity contribution in [3.05, 3.63) is 29.8 Å². The summed E-state index contributed by atoms with van der Waals surface area (Å²) >= 11 is 0. The van der Waals surface area contributed by atoms with E-state index in [1.165, 1.54) is 0 Å². The molecule has 21 heavy (non-hydrogen) atoms. The van der Waals surface area contributed by atoms with Crippen LogP contribution in [0.3, 0.4) is 0 Å². The topological polar surface area (TPSA) is 50.4 Å². The Morgan fingerprint density at radius 1 is 1.33 bits per heavy atom. The van der Waals surface area contributed by atoms with Gasteiger partial charge in [0.1, 0.15) is 0 Å². The highest BCUT2D eigenvalue weighted by atomic mass is 16.5. The van der Waals surface area contributed by atoms with E-state index in [1.54, 1.807) is 0 Å². The van der Waals surface area contributed by atoms with E-state index in [4.69, 9.17) is 4.74 Å². The van der Waals surface area contributed by atoms with E-state index < -0.39 is 0 Å². The first-order valence-corrected chi connectivity index (χ1v) is 7.94. The summed E-state index contributed by atoms with van der Waals surface area (Å²) in [7, 11) is 0. The molecule has 0 spiro atoms. The van der Waals surface area contributed by atoms with E-state index in [1.807, 2.05) is 24.3 Å². The highest BCUT2D eigenvalue weighted by molar-refractivity contribution is 5.99. The normalized spacial score (nSPS) is 17.2. The van der Waals surface area contributed by atoms with Crippen LogP contribution >= 0.6 is 0 Å². The van der Waals surface area contributed by atoms with Crippen molar-refractivity contribution in [3.63, 3.8) is 0 Å². The van der Waals surface area contributed by atoms with Gasteiger partial charge in [0.25, 0.3) is 5.91 Å². The third-order valence-corrected chi connectivity index (χ3v) is 4.07. The molecule has 1 aliphatic rings. The summed E-state index contributed by atoms with van der Waals surface area (Å²) < 4.78 is 5.38. The number of anilines is 1. The Bertz CT molecular complexity index is 456. The maximum absolute atomic E-state index is 12.5.